The standard InChI is InChI=1S/C11H17NO2/c1-3-4-10-5-7-12(8-6-10)9(2)11(13)14/h1,9-10H,4-8H2,2H3,(H,13,14). The van der Waals surface area contributed by atoms with Crippen LogP contribution >= 0.6 is 0 Å². The Morgan fingerprint density at radius 1 is 1.64 bits per heavy atom. The number of piperidine rings is 1. The average molecular weight is 195 g/mol. The highest BCUT2D eigenvalue weighted by Gasteiger charge is 2.25. The van der Waals surface area contributed by atoms with Gasteiger partial charge in [0.2, 0.25) is 0 Å². The number of rotatable bonds is 3. The largest absolute Gasteiger partial charge is 0.480 e. The van der Waals surface area contributed by atoms with Crippen LogP contribution in [0.4, 0.5) is 0 Å². The highest BCUT2D eigenvalue weighted by atomic mass is 16.4. The van der Waals surface area contributed by atoms with Gasteiger partial charge in [-0.25, -0.2) is 0 Å². The van der Waals surface area contributed by atoms with Gasteiger partial charge in [-0.3, -0.25) is 9.69 Å². The van der Waals surface area contributed by atoms with Crippen LogP contribution in [0.15, 0.2) is 0 Å². The minimum absolute atomic E-state index is 0.359. The van der Waals surface area contributed by atoms with Crippen molar-refractivity contribution < 1.29 is 9.90 Å². The molecule has 3 heteroatoms. The zero-order valence-electron chi connectivity index (χ0n) is 8.57. The third kappa shape index (κ3) is 2.74. The first-order valence-electron chi connectivity index (χ1n) is 5.05. The second-order valence-electron chi connectivity index (χ2n) is 3.90. The molecular weight excluding hydrogens is 178 g/mol. The number of terminal acetylenes is 1. The van der Waals surface area contributed by atoms with Crippen LogP contribution < -0.4 is 0 Å². The highest BCUT2D eigenvalue weighted by Crippen LogP contribution is 2.21. The molecular formula is C11H17NO2. The molecule has 0 amide bonds. The van der Waals surface area contributed by atoms with Gasteiger partial charge in [0.1, 0.15) is 6.04 Å². The highest BCUT2D eigenvalue weighted by molar-refractivity contribution is 5.72. The number of aliphatic carboxylic acids is 1. The lowest BCUT2D eigenvalue weighted by Gasteiger charge is -2.33. The van der Waals surface area contributed by atoms with E-state index >= 15 is 0 Å². The molecule has 0 aromatic rings. The molecule has 0 spiro atoms. The summed E-state index contributed by atoms with van der Waals surface area (Å²) >= 11 is 0. The number of carbonyl (C=O) groups is 1. The van der Waals surface area contributed by atoms with Crippen LogP contribution in [0.25, 0.3) is 0 Å². The Morgan fingerprint density at radius 3 is 2.64 bits per heavy atom. The van der Waals surface area contributed by atoms with Crippen LogP contribution in [-0.2, 0) is 4.79 Å². The third-order valence-corrected chi connectivity index (χ3v) is 2.96. The molecule has 78 valence electrons. The summed E-state index contributed by atoms with van der Waals surface area (Å²) in [6, 6.07) is -0.359. The van der Waals surface area contributed by atoms with Crippen molar-refractivity contribution in [1.29, 1.82) is 0 Å². The van der Waals surface area contributed by atoms with E-state index in [4.69, 9.17) is 11.5 Å². The van der Waals surface area contributed by atoms with Gasteiger partial charge in [-0.15, -0.1) is 12.3 Å². The van der Waals surface area contributed by atoms with E-state index in [-0.39, 0.29) is 6.04 Å². The number of likely N-dealkylation sites (tertiary alicyclic amines) is 1. The van der Waals surface area contributed by atoms with Crippen molar-refractivity contribution >= 4 is 5.97 Å². The van der Waals surface area contributed by atoms with Crippen molar-refractivity contribution in [3.05, 3.63) is 0 Å². The van der Waals surface area contributed by atoms with Gasteiger partial charge in [-0.05, 0) is 38.8 Å². The van der Waals surface area contributed by atoms with E-state index < -0.39 is 5.97 Å². The molecule has 0 bridgehead atoms. The fourth-order valence-corrected chi connectivity index (χ4v) is 1.87. The monoisotopic (exact) mass is 195 g/mol. The molecule has 0 saturated carbocycles. The summed E-state index contributed by atoms with van der Waals surface area (Å²) in [6.45, 7) is 3.46. The number of hydrogen-bond donors (Lipinski definition) is 1. The maximum Gasteiger partial charge on any atom is 0.320 e. The van der Waals surface area contributed by atoms with Crippen molar-refractivity contribution in [2.45, 2.75) is 32.2 Å². The van der Waals surface area contributed by atoms with E-state index in [9.17, 15) is 4.79 Å². The minimum Gasteiger partial charge on any atom is -0.480 e. The Morgan fingerprint density at radius 2 is 2.21 bits per heavy atom. The lowest BCUT2D eigenvalue weighted by atomic mass is 9.93. The fraction of sp³-hybridized carbons (Fsp3) is 0.727. The number of carboxylic acids is 1. The van der Waals surface area contributed by atoms with E-state index in [1.807, 2.05) is 4.90 Å². The topological polar surface area (TPSA) is 40.5 Å². The first-order chi connectivity index (χ1) is 6.65. The molecule has 1 unspecified atom stereocenters. The second-order valence-corrected chi connectivity index (χ2v) is 3.90. The van der Waals surface area contributed by atoms with E-state index in [0.29, 0.717) is 5.92 Å². The zero-order chi connectivity index (χ0) is 10.6. The van der Waals surface area contributed by atoms with Crippen LogP contribution in [0.1, 0.15) is 26.2 Å². The maximum absolute atomic E-state index is 10.7. The molecule has 0 aromatic heterocycles. The third-order valence-electron chi connectivity index (χ3n) is 2.96. The Hall–Kier alpha value is -1.01. The predicted molar refractivity (Wildman–Crippen MR) is 54.8 cm³/mol. The molecule has 1 heterocycles. The van der Waals surface area contributed by atoms with E-state index in [1.54, 1.807) is 6.92 Å². The maximum atomic E-state index is 10.7. The molecule has 1 rings (SSSR count). The summed E-state index contributed by atoms with van der Waals surface area (Å²) in [5.74, 6) is 2.53. The summed E-state index contributed by atoms with van der Waals surface area (Å²) in [4.78, 5) is 12.7. The van der Waals surface area contributed by atoms with E-state index in [0.717, 1.165) is 32.4 Å². The molecule has 3 nitrogen and oxygen atoms in total. The number of carboxylic acid groups (broad SMARTS) is 1. The summed E-state index contributed by atoms with van der Waals surface area (Å²) in [5, 5.41) is 8.83. The smallest absolute Gasteiger partial charge is 0.320 e. The molecule has 1 aliphatic heterocycles. The summed E-state index contributed by atoms with van der Waals surface area (Å²) < 4.78 is 0. The normalized spacial score (nSPS) is 21.4. The Bertz CT molecular complexity index is 236. The van der Waals surface area contributed by atoms with Gasteiger partial charge >= 0.3 is 5.97 Å². The van der Waals surface area contributed by atoms with Crippen molar-refractivity contribution in [3.63, 3.8) is 0 Å². The van der Waals surface area contributed by atoms with E-state index in [2.05, 4.69) is 5.92 Å². The van der Waals surface area contributed by atoms with Crippen molar-refractivity contribution in [3.8, 4) is 12.3 Å². The first-order valence-corrected chi connectivity index (χ1v) is 5.05. The summed E-state index contributed by atoms with van der Waals surface area (Å²) in [5.41, 5.74) is 0. The van der Waals surface area contributed by atoms with Crippen LogP contribution in [0.5, 0.6) is 0 Å². The van der Waals surface area contributed by atoms with Gasteiger partial charge in [0, 0.05) is 6.42 Å². The van der Waals surface area contributed by atoms with Crippen molar-refractivity contribution in [1.82, 2.24) is 4.90 Å². The molecule has 1 saturated heterocycles. The molecule has 1 N–H and O–H groups in total. The molecule has 0 radical (unpaired) electrons. The van der Waals surface area contributed by atoms with Gasteiger partial charge in [0.05, 0.1) is 0 Å². The Balaban J connectivity index is 2.36. The molecule has 1 fully saturated rings. The van der Waals surface area contributed by atoms with Gasteiger partial charge in [-0.2, -0.15) is 0 Å². The van der Waals surface area contributed by atoms with Crippen LogP contribution in [0, 0.1) is 18.3 Å². The minimum atomic E-state index is -0.736. The summed E-state index contributed by atoms with van der Waals surface area (Å²) in [7, 11) is 0. The molecule has 14 heavy (non-hydrogen) atoms. The van der Waals surface area contributed by atoms with Gasteiger partial charge in [0.25, 0.3) is 0 Å². The summed E-state index contributed by atoms with van der Waals surface area (Å²) in [6.07, 6.45) is 8.13. The van der Waals surface area contributed by atoms with Gasteiger partial charge in [0.15, 0.2) is 0 Å². The fourth-order valence-electron chi connectivity index (χ4n) is 1.87. The molecule has 1 atom stereocenters. The lowest BCUT2D eigenvalue weighted by Crippen LogP contribution is -2.43. The van der Waals surface area contributed by atoms with E-state index in [1.165, 1.54) is 0 Å². The number of hydrogen-bond acceptors (Lipinski definition) is 2. The lowest BCUT2D eigenvalue weighted by molar-refractivity contribution is -0.143. The quantitative estimate of drug-likeness (QED) is 0.688. The Kier molecular flexibility index (Phi) is 3.97. The van der Waals surface area contributed by atoms with Gasteiger partial charge < -0.3 is 5.11 Å². The van der Waals surface area contributed by atoms with Crippen LogP contribution in [0.2, 0.25) is 0 Å². The molecule has 0 aliphatic carbocycles. The van der Waals surface area contributed by atoms with Crippen molar-refractivity contribution in [2.24, 2.45) is 5.92 Å². The van der Waals surface area contributed by atoms with Crippen LogP contribution in [0.3, 0.4) is 0 Å². The average Bonchev–Trinajstić information content (AvgIpc) is 2.18. The molecule has 1 aliphatic rings. The molecule has 0 aromatic carbocycles. The zero-order valence-corrected chi connectivity index (χ0v) is 8.57. The second kappa shape index (κ2) is 5.02. The van der Waals surface area contributed by atoms with Crippen LogP contribution in [-0.4, -0.2) is 35.1 Å². The first kappa shape index (κ1) is 11.1. The predicted octanol–water partition coefficient (Wildman–Crippen LogP) is 1.19. The Labute approximate surface area is 85.1 Å². The van der Waals surface area contributed by atoms with Gasteiger partial charge in [-0.1, -0.05) is 0 Å². The SMILES string of the molecule is C#CCC1CCN(C(C)C(=O)O)CC1. The number of nitrogens with zero attached hydrogens (tertiary/aromatic N) is 1. The van der Waals surface area contributed by atoms with Crippen molar-refractivity contribution in [2.75, 3.05) is 13.1 Å².